The number of carboxylic acid groups (broad SMARTS) is 1. The number of halogens is 4. The third kappa shape index (κ3) is 7.06. The van der Waals surface area contributed by atoms with Gasteiger partial charge in [-0.25, -0.2) is 4.39 Å². The fourth-order valence-corrected chi connectivity index (χ4v) is 8.70. The Morgan fingerprint density at radius 2 is 1.79 bits per heavy atom. The first kappa shape index (κ1) is 37.8. The average molecular weight is 662 g/mol. The van der Waals surface area contributed by atoms with Crippen LogP contribution in [0.25, 0.3) is 0 Å². The zero-order valence-corrected chi connectivity index (χ0v) is 29.0. The van der Waals surface area contributed by atoms with Crippen LogP contribution in [0.5, 0.6) is 0 Å². The standard InChI is InChI=1S/C33H49FN4O2.3ClH/c1-7-29-26-12-13-33(31(26)38(8-2)35-29)14-16-37(17-15-33)22(5)27-19-25(36(6)30(21(3)4)32(39)40)20-28(27)23-10-9-11-24(34)18-23;;;/h9-11,18,21-22,25,27-28,30H,7-8,12-17,19-20H2,1-6H3,(H,39,40);3*1H/t22-,25+,27-,28-,30-;;;/m1.../s1. The molecular formula is C33H52Cl3FN4O2. The predicted molar refractivity (Wildman–Crippen MR) is 179 cm³/mol. The van der Waals surface area contributed by atoms with Gasteiger partial charge in [0.15, 0.2) is 0 Å². The van der Waals surface area contributed by atoms with Crippen molar-refractivity contribution in [2.45, 2.75) is 116 Å². The van der Waals surface area contributed by atoms with Crippen molar-refractivity contribution in [2.75, 3.05) is 20.1 Å². The van der Waals surface area contributed by atoms with E-state index in [9.17, 15) is 14.3 Å². The van der Waals surface area contributed by atoms with Crippen LogP contribution in [0.4, 0.5) is 4.39 Å². The largest absolute Gasteiger partial charge is 0.480 e. The van der Waals surface area contributed by atoms with Crippen LogP contribution in [0.1, 0.15) is 95.2 Å². The number of likely N-dealkylation sites (tertiary alicyclic amines) is 1. The van der Waals surface area contributed by atoms with E-state index in [1.807, 2.05) is 27.0 Å². The Kier molecular flexibility index (Phi) is 13.4. The summed E-state index contributed by atoms with van der Waals surface area (Å²) in [5.74, 6) is -0.376. The number of aliphatic carboxylic acids is 1. The average Bonchev–Trinajstić information content (AvgIpc) is 3.62. The van der Waals surface area contributed by atoms with Gasteiger partial charge in [0.1, 0.15) is 11.9 Å². The summed E-state index contributed by atoms with van der Waals surface area (Å²) in [6.07, 6.45) is 7.53. The molecule has 1 aliphatic heterocycles. The third-order valence-electron chi connectivity index (χ3n) is 10.8. The first-order valence-electron chi connectivity index (χ1n) is 15.6. The number of hydrogen-bond donors (Lipinski definition) is 1. The predicted octanol–water partition coefficient (Wildman–Crippen LogP) is 7.14. The van der Waals surface area contributed by atoms with Gasteiger partial charge in [-0.2, -0.15) is 5.10 Å². The van der Waals surface area contributed by atoms with Gasteiger partial charge in [0.25, 0.3) is 0 Å². The van der Waals surface area contributed by atoms with E-state index in [0.29, 0.717) is 12.0 Å². The molecule has 0 bridgehead atoms. The molecule has 1 saturated carbocycles. The number of benzene rings is 1. The number of piperidine rings is 1. The quantitative estimate of drug-likeness (QED) is 0.310. The zero-order chi connectivity index (χ0) is 28.8. The number of hydrogen-bond acceptors (Lipinski definition) is 4. The molecule has 244 valence electrons. The van der Waals surface area contributed by atoms with Crippen LogP contribution in [-0.4, -0.2) is 68.9 Å². The maximum Gasteiger partial charge on any atom is 0.321 e. The molecule has 43 heavy (non-hydrogen) atoms. The van der Waals surface area contributed by atoms with Crippen LogP contribution >= 0.6 is 37.2 Å². The van der Waals surface area contributed by atoms with Gasteiger partial charge >= 0.3 is 5.97 Å². The Balaban J connectivity index is 0.00000215. The minimum Gasteiger partial charge on any atom is -0.480 e. The molecule has 6 nitrogen and oxygen atoms in total. The van der Waals surface area contributed by atoms with Crippen molar-refractivity contribution in [3.8, 4) is 0 Å². The van der Waals surface area contributed by atoms with Gasteiger partial charge < -0.3 is 10.0 Å². The molecule has 0 amide bonds. The molecule has 2 heterocycles. The number of rotatable bonds is 9. The number of aromatic nitrogens is 2. The molecule has 1 saturated heterocycles. The van der Waals surface area contributed by atoms with Crippen molar-refractivity contribution in [2.24, 2.45) is 11.8 Å². The highest BCUT2D eigenvalue weighted by atomic mass is 35.5. The number of aryl methyl sites for hydroxylation is 2. The van der Waals surface area contributed by atoms with Crippen LogP contribution < -0.4 is 0 Å². The summed E-state index contributed by atoms with van der Waals surface area (Å²) in [6, 6.07) is 7.09. The van der Waals surface area contributed by atoms with Crippen molar-refractivity contribution in [1.82, 2.24) is 19.6 Å². The first-order valence-corrected chi connectivity index (χ1v) is 15.6. The summed E-state index contributed by atoms with van der Waals surface area (Å²) in [5.41, 5.74) is 5.64. The lowest BCUT2D eigenvalue weighted by molar-refractivity contribution is -0.145. The molecule has 1 aromatic heterocycles. The summed E-state index contributed by atoms with van der Waals surface area (Å²) >= 11 is 0. The molecule has 0 radical (unpaired) electrons. The second-order valence-electron chi connectivity index (χ2n) is 13.1. The van der Waals surface area contributed by atoms with Gasteiger partial charge in [0.05, 0.1) is 5.69 Å². The third-order valence-corrected chi connectivity index (χ3v) is 10.8. The summed E-state index contributed by atoms with van der Waals surface area (Å²) < 4.78 is 16.7. The van der Waals surface area contributed by atoms with E-state index in [1.54, 1.807) is 6.07 Å². The van der Waals surface area contributed by atoms with Crippen LogP contribution in [0, 0.1) is 17.7 Å². The molecule has 1 aromatic carbocycles. The summed E-state index contributed by atoms with van der Waals surface area (Å²) in [4.78, 5) is 16.9. The minimum atomic E-state index is -0.758. The second kappa shape index (κ2) is 15.3. The lowest BCUT2D eigenvalue weighted by atomic mass is 9.75. The molecule has 1 N–H and O–H groups in total. The SMILES string of the molecule is CCc1nn(CC)c2c1CCC21CCN([C@H](C)[C@H]2C[C@H](N(C)[C@@H](C(=O)O)C(C)C)C[C@@H]2c2cccc(F)c2)CC1.Cl.Cl.Cl. The monoisotopic (exact) mass is 660 g/mol. The Morgan fingerprint density at radius 3 is 2.35 bits per heavy atom. The number of nitrogens with zero attached hydrogens (tertiary/aromatic N) is 4. The van der Waals surface area contributed by atoms with Crippen LogP contribution in [-0.2, 0) is 29.6 Å². The lowest BCUT2D eigenvalue weighted by Gasteiger charge is -2.44. The molecule has 2 fully saturated rings. The first-order chi connectivity index (χ1) is 19.1. The van der Waals surface area contributed by atoms with E-state index in [2.05, 4.69) is 41.3 Å². The number of likely N-dealkylation sites (N-methyl/N-ethyl adjacent to an activating group) is 1. The smallest absolute Gasteiger partial charge is 0.321 e. The van der Waals surface area contributed by atoms with Gasteiger partial charge in [-0.1, -0.05) is 32.9 Å². The number of carbonyl (C=O) groups is 1. The highest BCUT2D eigenvalue weighted by molar-refractivity contribution is 5.86. The molecule has 2 aromatic rings. The molecule has 5 atom stereocenters. The Labute approximate surface area is 276 Å². The van der Waals surface area contributed by atoms with E-state index < -0.39 is 12.0 Å². The summed E-state index contributed by atoms with van der Waals surface area (Å²) in [5, 5.41) is 15.0. The van der Waals surface area contributed by atoms with E-state index in [-0.39, 0.29) is 66.3 Å². The van der Waals surface area contributed by atoms with Crippen molar-refractivity contribution in [3.63, 3.8) is 0 Å². The number of carboxylic acids is 1. The van der Waals surface area contributed by atoms with Gasteiger partial charge in [0, 0.05) is 29.7 Å². The molecule has 2 aliphatic carbocycles. The Morgan fingerprint density at radius 1 is 1.12 bits per heavy atom. The molecule has 1 spiro atoms. The summed E-state index contributed by atoms with van der Waals surface area (Å²) in [7, 11) is 1.98. The second-order valence-corrected chi connectivity index (χ2v) is 13.1. The van der Waals surface area contributed by atoms with Crippen molar-refractivity contribution >= 4 is 43.2 Å². The lowest BCUT2D eigenvalue weighted by Crippen LogP contribution is -2.49. The van der Waals surface area contributed by atoms with Crippen LogP contribution in [0.15, 0.2) is 24.3 Å². The molecular weight excluding hydrogens is 610 g/mol. The van der Waals surface area contributed by atoms with E-state index in [4.69, 9.17) is 5.10 Å². The fraction of sp³-hybridized carbons (Fsp3) is 0.697. The van der Waals surface area contributed by atoms with Gasteiger partial charge in [-0.3, -0.25) is 14.4 Å². The van der Waals surface area contributed by atoms with Gasteiger partial charge in [-0.15, -0.1) is 37.2 Å². The topological polar surface area (TPSA) is 61.6 Å². The molecule has 5 rings (SSSR count). The highest BCUT2D eigenvalue weighted by Gasteiger charge is 2.48. The molecule has 3 aliphatic rings. The van der Waals surface area contributed by atoms with Crippen LogP contribution in [0.3, 0.4) is 0 Å². The molecule has 10 heteroatoms. The Bertz CT molecular complexity index is 1220. The Hall–Kier alpha value is -1.38. The highest BCUT2D eigenvalue weighted by Crippen LogP contribution is 2.50. The van der Waals surface area contributed by atoms with E-state index >= 15 is 0 Å². The van der Waals surface area contributed by atoms with Crippen molar-refractivity contribution < 1.29 is 14.3 Å². The van der Waals surface area contributed by atoms with Crippen molar-refractivity contribution in [3.05, 3.63) is 52.6 Å². The zero-order valence-electron chi connectivity index (χ0n) is 26.6. The number of fused-ring (bicyclic) bond motifs is 2. The summed E-state index contributed by atoms with van der Waals surface area (Å²) in [6.45, 7) is 13.8. The van der Waals surface area contributed by atoms with E-state index in [0.717, 1.165) is 63.7 Å². The van der Waals surface area contributed by atoms with Gasteiger partial charge in [-0.05, 0) is 120 Å². The fourth-order valence-electron chi connectivity index (χ4n) is 8.70. The van der Waals surface area contributed by atoms with Crippen molar-refractivity contribution in [1.29, 1.82) is 0 Å². The maximum absolute atomic E-state index is 14.4. The molecule has 0 unspecified atom stereocenters. The maximum atomic E-state index is 14.4. The minimum absolute atomic E-state index is 0. The van der Waals surface area contributed by atoms with Crippen LogP contribution in [0.2, 0.25) is 0 Å². The normalized spacial score (nSPS) is 24.3. The van der Waals surface area contributed by atoms with E-state index in [1.165, 1.54) is 29.4 Å². The van der Waals surface area contributed by atoms with Gasteiger partial charge in [0.2, 0.25) is 0 Å².